The molecule has 0 bridgehead atoms. The first-order valence-corrected chi connectivity index (χ1v) is 6.36. The van der Waals surface area contributed by atoms with E-state index in [1.165, 1.54) is 0 Å². The summed E-state index contributed by atoms with van der Waals surface area (Å²) in [4.78, 5) is 0. The largest absolute Gasteiger partial charge is 0.377 e. The van der Waals surface area contributed by atoms with Crippen LogP contribution in [0.15, 0.2) is 12.1 Å². The molecule has 0 aliphatic rings. The normalized spacial score (nSPS) is 14.1. The molecular weight excluding hydrogens is 279 g/mol. The zero-order valence-corrected chi connectivity index (χ0v) is 11.9. The summed E-state index contributed by atoms with van der Waals surface area (Å²) >= 11 is 18.0. The van der Waals surface area contributed by atoms with Crippen LogP contribution in [0.1, 0.15) is 25.3 Å². The highest BCUT2D eigenvalue weighted by Crippen LogP contribution is 2.34. The molecule has 2 unspecified atom stereocenters. The van der Waals surface area contributed by atoms with Crippen LogP contribution in [-0.4, -0.2) is 12.7 Å². The fourth-order valence-corrected chi connectivity index (χ4v) is 2.29. The number of halogens is 3. The molecule has 4 heteroatoms. The van der Waals surface area contributed by atoms with Gasteiger partial charge in [0.25, 0.3) is 0 Å². The SMILES string of the molecule is C#CC(c1cc(Cl)c(Cl)cc1Cl)C(C)OCC. The molecule has 17 heavy (non-hydrogen) atoms. The van der Waals surface area contributed by atoms with E-state index in [0.717, 1.165) is 5.56 Å². The van der Waals surface area contributed by atoms with E-state index >= 15 is 0 Å². The Labute approximate surface area is 117 Å². The summed E-state index contributed by atoms with van der Waals surface area (Å²) in [6.07, 6.45) is 5.40. The van der Waals surface area contributed by atoms with Crippen LogP contribution in [0.3, 0.4) is 0 Å². The van der Waals surface area contributed by atoms with Crippen molar-refractivity contribution < 1.29 is 4.74 Å². The van der Waals surface area contributed by atoms with E-state index in [1.54, 1.807) is 12.1 Å². The van der Waals surface area contributed by atoms with E-state index in [0.29, 0.717) is 21.7 Å². The van der Waals surface area contributed by atoms with Gasteiger partial charge in [-0.25, -0.2) is 0 Å². The standard InChI is InChI=1S/C13H13Cl3O/c1-4-9(8(3)17-5-2)10-6-12(15)13(16)7-11(10)14/h1,6-9H,5H2,2-3H3. The average Bonchev–Trinajstić information content (AvgIpc) is 2.26. The number of benzene rings is 1. The number of hydrogen-bond acceptors (Lipinski definition) is 1. The molecule has 0 N–H and O–H groups in total. The van der Waals surface area contributed by atoms with Crippen LogP contribution >= 0.6 is 34.8 Å². The van der Waals surface area contributed by atoms with Crippen LogP contribution in [0.25, 0.3) is 0 Å². The van der Waals surface area contributed by atoms with Gasteiger partial charge in [-0.2, -0.15) is 0 Å². The molecule has 1 nitrogen and oxygen atoms in total. The molecule has 0 spiro atoms. The van der Waals surface area contributed by atoms with Gasteiger partial charge in [0.1, 0.15) is 0 Å². The maximum Gasteiger partial charge on any atom is 0.0725 e. The van der Waals surface area contributed by atoms with Gasteiger partial charge >= 0.3 is 0 Å². The second-order valence-electron chi connectivity index (χ2n) is 3.59. The summed E-state index contributed by atoms with van der Waals surface area (Å²) in [5, 5.41) is 1.36. The van der Waals surface area contributed by atoms with Crippen molar-refractivity contribution in [3.63, 3.8) is 0 Å². The molecule has 0 saturated carbocycles. The lowest BCUT2D eigenvalue weighted by atomic mass is 9.95. The molecule has 92 valence electrons. The Morgan fingerprint density at radius 2 is 1.82 bits per heavy atom. The van der Waals surface area contributed by atoms with Crippen molar-refractivity contribution in [3.05, 3.63) is 32.8 Å². The van der Waals surface area contributed by atoms with Gasteiger partial charge in [0.05, 0.1) is 22.1 Å². The Balaban J connectivity index is 3.13. The van der Waals surface area contributed by atoms with Crippen molar-refractivity contribution in [2.45, 2.75) is 25.9 Å². The topological polar surface area (TPSA) is 9.23 Å². The first kappa shape index (κ1) is 14.7. The van der Waals surface area contributed by atoms with Crippen molar-refractivity contribution in [2.75, 3.05) is 6.61 Å². The molecule has 0 heterocycles. The zero-order chi connectivity index (χ0) is 13.0. The number of rotatable bonds is 4. The summed E-state index contributed by atoms with van der Waals surface area (Å²) in [5.74, 6) is 2.44. The van der Waals surface area contributed by atoms with Crippen LogP contribution in [0.5, 0.6) is 0 Å². The maximum absolute atomic E-state index is 6.13. The Bertz CT molecular complexity index is 437. The highest BCUT2D eigenvalue weighted by Gasteiger charge is 2.21. The summed E-state index contributed by atoms with van der Waals surface area (Å²) in [5.41, 5.74) is 0.768. The fraction of sp³-hybridized carbons (Fsp3) is 0.385. The molecule has 0 fully saturated rings. The molecule has 1 aromatic rings. The smallest absolute Gasteiger partial charge is 0.0725 e. The lowest BCUT2D eigenvalue weighted by Crippen LogP contribution is -2.18. The van der Waals surface area contributed by atoms with Gasteiger partial charge in [0, 0.05) is 11.6 Å². The molecule has 2 atom stereocenters. The number of hydrogen-bond donors (Lipinski definition) is 0. The minimum absolute atomic E-state index is 0.125. The van der Waals surface area contributed by atoms with Gasteiger partial charge in [-0.15, -0.1) is 6.42 Å². The van der Waals surface area contributed by atoms with Crippen molar-refractivity contribution in [1.82, 2.24) is 0 Å². The van der Waals surface area contributed by atoms with E-state index in [9.17, 15) is 0 Å². The number of terminal acetylenes is 1. The molecule has 1 rings (SSSR count). The zero-order valence-electron chi connectivity index (χ0n) is 9.64. The molecule has 0 aromatic heterocycles. The molecule has 0 saturated heterocycles. The number of ether oxygens (including phenoxy) is 1. The third-order valence-electron chi connectivity index (χ3n) is 2.45. The highest BCUT2D eigenvalue weighted by atomic mass is 35.5. The lowest BCUT2D eigenvalue weighted by Gasteiger charge is -2.20. The van der Waals surface area contributed by atoms with Crippen LogP contribution in [0, 0.1) is 12.3 Å². The minimum Gasteiger partial charge on any atom is -0.377 e. The third-order valence-corrected chi connectivity index (χ3v) is 3.50. The second kappa shape index (κ2) is 6.52. The molecule has 1 aromatic carbocycles. The Morgan fingerprint density at radius 3 is 2.35 bits per heavy atom. The summed E-state index contributed by atoms with van der Waals surface area (Å²) in [6.45, 7) is 4.42. The fourth-order valence-electron chi connectivity index (χ4n) is 1.61. The quantitative estimate of drug-likeness (QED) is 0.572. The minimum atomic E-state index is -0.239. The second-order valence-corrected chi connectivity index (χ2v) is 4.81. The van der Waals surface area contributed by atoms with E-state index < -0.39 is 0 Å². The van der Waals surface area contributed by atoms with E-state index in [2.05, 4.69) is 5.92 Å². The summed E-state index contributed by atoms with van der Waals surface area (Å²) in [7, 11) is 0. The Kier molecular flexibility index (Phi) is 5.62. The van der Waals surface area contributed by atoms with Gasteiger partial charge in [0.2, 0.25) is 0 Å². The van der Waals surface area contributed by atoms with Crippen molar-refractivity contribution in [1.29, 1.82) is 0 Å². The van der Waals surface area contributed by atoms with Gasteiger partial charge in [0.15, 0.2) is 0 Å². The predicted molar refractivity (Wildman–Crippen MR) is 74.1 cm³/mol. The maximum atomic E-state index is 6.13. The van der Waals surface area contributed by atoms with E-state index in [4.69, 9.17) is 46.0 Å². The molecule has 0 aliphatic carbocycles. The van der Waals surface area contributed by atoms with Gasteiger partial charge in [-0.05, 0) is 31.5 Å². The van der Waals surface area contributed by atoms with Crippen LogP contribution in [0.2, 0.25) is 15.1 Å². The Morgan fingerprint density at radius 1 is 1.24 bits per heavy atom. The van der Waals surface area contributed by atoms with Crippen LogP contribution in [-0.2, 0) is 4.74 Å². The van der Waals surface area contributed by atoms with Crippen molar-refractivity contribution in [3.8, 4) is 12.3 Å². The Hall–Kier alpha value is -0.390. The monoisotopic (exact) mass is 290 g/mol. The first-order valence-electron chi connectivity index (χ1n) is 5.23. The van der Waals surface area contributed by atoms with Gasteiger partial charge in [-0.1, -0.05) is 40.7 Å². The first-order chi connectivity index (χ1) is 8.01. The van der Waals surface area contributed by atoms with Crippen LogP contribution in [0.4, 0.5) is 0 Å². The van der Waals surface area contributed by atoms with Crippen molar-refractivity contribution >= 4 is 34.8 Å². The lowest BCUT2D eigenvalue weighted by molar-refractivity contribution is 0.0684. The van der Waals surface area contributed by atoms with Crippen LogP contribution < -0.4 is 0 Å². The highest BCUT2D eigenvalue weighted by molar-refractivity contribution is 6.43. The molecular formula is C13H13Cl3O. The van der Waals surface area contributed by atoms with Crippen molar-refractivity contribution in [2.24, 2.45) is 0 Å². The van der Waals surface area contributed by atoms with Gasteiger partial charge < -0.3 is 4.74 Å². The predicted octanol–water partition coefficient (Wildman–Crippen LogP) is 4.79. The van der Waals surface area contributed by atoms with E-state index in [1.807, 2.05) is 13.8 Å². The van der Waals surface area contributed by atoms with E-state index in [-0.39, 0.29) is 12.0 Å². The average molecular weight is 292 g/mol. The molecule has 0 aliphatic heterocycles. The summed E-state index contributed by atoms with van der Waals surface area (Å²) < 4.78 is 5.50. The third kappa shape index (κ3) is 3.53. The molecule has 0 amide bonds. The summed E-state index contributed by atoms with van der Waals surface area (Å²) in [6, 6.07) is 3.30. The molecule has 0 radical (unpaired) electrons. The van der Waals surface area contributed by atoms with Gasteiger partial charge in [-0.3, -0.25) is 0 Å².